The number of rotatable bonds is 4. The number of aliphatic carboxylic acids is 1. The molecule has 2 aromatic carbocycles. The lowest BCUT2D eigenvalue weighted by atomic mass is 9.89. The zero-order valence-electron chi connectivity index (χ0n) is 12.2. The Morgan fingerprint density at radius 2 is 1.77 bits per heavy atom. The summed E-state index contributed by atoms with van der Waals surface area (Å²) in [5.41, 5.74) is 2.33. The van der Waals surface area contributed by atoms with Crippen molar-refractivity contribution in [1.29, 1.82) is 0 Å². The molecule has 1 fully saturated rings. The van der Waals surface area contributed by atoms with Crippen molar-refractivity contribution in [3.8, 4) is 0 Å². The van der Waals surface area contributed by atoms with Crippen LogP contribution in [-0.2, 0) is 11.3 Å². The van der Waals surface area contributed by atoms with E-state index in [0.717, 1.165) is 23.1 Å². The molecule has 2 unspecified atom stereocenters. The number of carboxylic acids is 1. The van der Waals surface area contributed by atoms with E-state index in [4.69, 9.17) is 0 Å². The van der Waals surface area contributed by atoms with E-state index in [2.05, 4.69) is 33.0 Å². The zero-order chi connectivity index (χ0) is 15.5. The van der Waals surface area contributed by atoms with E-state index in [0.29, 0.717) is 6.54 Å². The van der Waals surface area contributed by atoms with Crippen LogP contribution in [0.1, 0.15) is 17.0 Å². The van der Waals surface area contributed by atoms with Crippen LogP contribution in [0.2, 0.25) is 0 Å². The van der Waals surface area contributed by atoms with Gasteiger partial charge in [0, 0.05) is 30.0 Å². The van der Waals surface area contributed by atoms with Crippen LogP contribution in [0, 0.1) is 5.92 Å². The van der Waals surface area contributed by atoms with Crippen molar-refractivity contribution in [3.63, 3.8) is 0 Å². The third kappa shape index (κ3) is 3.39. The fourth-order valence-electron chi connectivity index (χ4n) is 3.15. The van der Waals surface area contributed by atoms with Gasteiger partial charge in [-0.15, -0.1) is 0 Å². The predicted molar refractivity (Wildman–Crippen MR) is 89.7 cm³/mol. The highest BCUT2D eigenvalue weighted by Crippen LogP contribution is 2.34. The molecule has 0 spiro atoms. The minimum absolute atomic E-state index is 0.0503. The molecule has 1 aliphatic heterocycles. The molecular formula is C18H18BrNO2. The second-order valence-electron chi connectivity index (χ2n) is 5.78. The van der Waals surface area contributed by atoms with Gasteiger partial charge in [-0.05, 0) is 23.3 Å². The predicted octanol–water partition coefficient (Wildman–Crippen LogP) is 3.75. The summed E-state index contributed by atoms with van der Waals surface area (Å²) in [7, 11) is 0. The van der Waals surface area contributed by atoms with Gasteiger partial charge in [0.2, 0.25) is 0 Å². The van der Waals surface area contributed by atoms with Gasteiger partial charge in [-0.2, -0.15) is 0 Å². The number of hydrogen-bond donors (Lipinski definition) is 1. The van der Waals surface area contributed by atoms with Gasteiger partial charge in [0.25, 0.3) is 0 Å². The second kappa shape index (κ2) is 6.63. The summed E-state index contributed by atoms with van der Waals surface area (Å²) in [6.07, 6.45) is 0. The quantitative estimate of drug-likeness (QED) is 0.903. The summed E-state index contributed by atoms with van der Waals surface area (Å²) in [5.74, 6) is -0.998. The Kier molecular flexibility index (Phi) is 4.60. The maximum atomic E-state index is 11.6. The molecule has 3 nitrogen and oxygen atoms in total. The SMILES string of the molecule is O=C(O)C1CN(Cc2ccccc2)CC1c1ccc(Br)cc1. The highest BCUT2D eigenvalue weighted by Gasteiger charge is 2.38. The standard InChI is InChI=1S/C18H18BrNO2/c19-15-8-6-14(7-9-15)16-11-20(12-17(16)18(21)22)10-13-4-2-1-3-5-13/h1-9,16-17H,10-12H2,(H,21,22). The minimum atomic E-state index is -0.705. The molecule has 1 saturated heterocycles. The van der Waals surface area contributed by atoms with Crippen molar-refractivity contribution in [3.05, 3.63) is 70.2 Å². The van der Waals surface area contributed by atoms with Crippen LogP contribution in [0.5, 0.6) is 0 Å². The van der Waals surface area contributed by atoms with Gasteiger partial charge >= 0.3 is 5.97 Å². The van der Waals surface area contributed by atoms with Crippen LogP contribution < -0.4 is 0 Å². The minimum Gasteiger partial charge on any atom is -0.481 e. The van der Waals surface area contributed by atoms with Crippen LogP contribution in [0.3, 0.4) is 0 Å². The summed E-state index contributed by atoms with van der Waals surface area (Å²) < 4.78 is 1.02. The highest BCUT2D eigenvalue weighted by molar-refractivity contribution is 9.10. The van der Waals surface area contributed by atoms with Crippen LogP contribution in [0.25, 0.3) is 0 Å². The van der Waals surface area contributed by atoms with Crippen molar-refractivity contribution in [2.24, 2.45) is 5.92 Å². The van der Waals surface area contributed by atoms with Gasteiger partial charge in [-0.1, -0.05) is 58.4 Å². The fraction of sp³-hybridized carbons (Fsp3) is 0.278. The van der Waals surface area contributed by atoms with Gasteiger partial charge in [0.05, 0.1) is 5.92 Å². The number of likely N-dealkylation sites (tertiary alicyclic amines) is 1. The largest absolute Gasteiger partial charge is 0.481 e. The Labute approximate surface area is 138 Å². The second-order valence-corrected chi connectivity index (χ2v) is 6.70. The van der Waals surface area contributed by atoms with Crippen LogP contribution >= 0.6 is 15.9 Å². The lowest BCUT2D eigenvalue weighted by molar-refractivity contribution is -0.141. The Morgan fingerprint density at radius 3 is 2.41 bits per heavy atom. The maximum absolute atomic E-state index is 11.6. The molecule has 22 heavy (non-hydrogen) atoms. The summed E-state index contributed by atoms with van der Waals surface area (Å²) in [6.45, 7) is 2.19. The lowest BCUT2D eigenvalue weighted by Gasteiger charge is -2.16. The zero-order valence-corrected chi connectivity index (χ0v) is 13.7. The first-order chi connectivity index (χ1) is 10.6. The van der Waals surface area contributed by atoms with E-state index < -0.39 is 5.97 Å². The summed E-state index contributed by atoms with van der Waals surface area (Å²) in [4.78, 5) is 13.9. The van der Waals surface area contributed by atoms with Gasteiger partial charge in [-0.3, -0.25) is 9.69 Å². The average Bonchev–Trinajstić information content (AvgIpc) is 2.93. The molecule has 0 bridgehead atoms. The van der Waals surface area contributed by atoms with E-state index in [1.165, 1.54) is 5.56 Å². The Bertz CT molecular complexity index is 642. The number of hydrogen-bond acceptors (Lipinski definition) is 2. The van der Waals surface area contributed by atoms with Gasteiger partial charge in [-0.25, -0.2) is 0 Å². The molecule has 0 amide bonds. The van der Waals surface area contributed by atoms with Crippen molar-refractivity contribution < 1.29 is 9.90 Å². The van der Waals surface area contributed by atoms with Crippen molar-refractivity contribution in [2.45, 2.75) is 12.5 Å². The van der Waals surface area contributed by atoms with Crippen LogP contribution in [-0.4, -0.2) is 29.1 Å². The highest BCUT2D eigenvalue weighted by atomic mass is 79.9. The first-order valence-electron chi connectivity index (χ1n) is 7.38. The molecule has 2 atom stereocenters. The third-order valence-electron chi connectivity index (χ3n) is 4.26. The molecular weight excluding hydrogens is 342 g/mol. The Morgan fingerprint density at radius 1 is 1.09 bits per heavy atom. The molecule has 1 heterocycles. The summed E-state index contributed by atoms with van der Waals surface area (Å²) >= 11 is 3.43. The Hall–Kier alpha value is -1.65. The van der Waals surface area contributed by atoms with Crippen molar-refractivity contribution in [2.75, 3.05) is 13.1 Å². The fourth-order valence-corrected chi connectivity index (χ4v) is 3.42. The molecule has 0 saturated carbocycles. The maximum Gasteiger partial charge on any atom is 0.308 e. The molecule has 114 valence electrons. The number of carbonyl (C=O) groups is 1. The van der Waals surface area contributed by atoms with Gasteiger partial charge < -0.3 is 5.11 Å². The van der Waals surface area contributed by atoms with E-state index in [1.807, 2.05) is 42.5 Å². The first-order valence-corrected chi connectivity index (χ1v) is 8.17. The molecule has 4 heteroatoms. The average molecular weight is 360 g/mol. The Balaban J connectivity index is 1.77. The van der Waals surface area contributed by atoms with Gasteiger partial charge in [0.1, 0.15) is 0 Å². The van der Waals surface area contributed by atoms with E-state index in [1.54, 1.807) is 0 Å². The van der Waals surface area contributed by atoms with Crippen LogP contribution in [0.15, 0.2) is 59.1 Å². The molecule has 0 aliphatic carbocycles. The van der Waals surface area contributed by atoms with Crippen LogP contribution in [0.4, 0.5) is 0 Å². The van der Waals surface area contributed by atoms with Gasteiger partial charge in [0.15, 0.2) is 0 Å². The van der Waals surface area contributed by atoms with Crippen molar-refractivity contribution >= 4 is 21.9 Å². The summed E-state index contributed by atoms with van der Waals surface area (Å²) in [6, 6.07) is 18.2. The molecule has 1 aliphatic rings. The molecule has 1 N–H and O–H groups in total. The molecule has 0 aromatic heterocycles. The van der Waals surface area contributed by atoms with E-state index in [-0.39, 0.29) is 11.8 Å². The number of nitrogens with zero attached hydrogens (tertiary/aromatic N) is 1. The molecule has 2 aromatic rings. The van der Waals surface area contributed by atoms with E-state index >= 15 is 0 Å². The number of carboxylic acid groups (broad SMARTS) is 1. The number of benzene rings is 2. The number of halogens is 1. The smallest absolute Gasteiger partial charge is 0.308 e. The third-order valence-corrected chi connectivity index (χ3v) is 4.79. The topological polar surface area (TPSA) is 40.5 Å². The molecule has 0 radical (unpaired) electrons. The molecule has 3 rings (SSSR count). The van der Waals surface area contributed by atoms with E-state index in [9.17, 15) is 9.90 Å². The lowest BCUT2D eigenvalue weighted by Crippen LogP contribution is -2.23. The first kappa shape index (κ1) is 15.3. The summed E-state index contributed by atoms with van der Waals surface area (Å²) in [5, 5.41) is 9.55. The normalized spacial score (nSPS) is 21.9. The van der Waals surface area contributed by atoms with Crippen molar-refractivity contribution in [1.82, 2.24) is 4.90 Å². The monoisotopic (exact) mass is 359 g/mol.